The molecule has 0 bridgehead atoms. The molecule has 2 aromatic rings. The second-order valence-corrected chi connectivity index (χ2v) is 9.07. The lowest BCUT2D eigenvalue weighted by Crippen LogP contribution is -2.40. The van der Waals surface area contributed by atoms with Crippen molar-refractivity contribution in [1.82, 2.24) is 10.2 Å². The summed E-state index contributed by atoms with van der Waals surface area (Å²) in [4.78, 5) is 26.7. The van der Waals surface area contributed by atoms with Gasteiger partial charge in [-0.1, -0.05) is 41.1 Å². The molecule has 35 heavy (non-hydrogen) atoms. The minimum absolute atomic E-state index is 0.114. The molecule has 2 atom stereocenters. The van der Waals surface area contributed by atoms with Crippen LogP contribution in [0.25, 0.3) is 0 Å². The largest absolute Gasteiger partial charge is 0.573 e. The highest BCUT2D eigenvalue weighted by Gasteiger charge is 2.36. The molecule has 1 amide bonds. The molecule has 0 radical (unpaired) electrons. The van der Waals surface area contributed by atoms with Crippen molar-refractivity contribution < 1.29 is 27.5 Å². The number of hydrogen-bond acceptors (Lipinski definition) is 4. The summed E-state index contributed by atoms with van der Waals surface area (Å²) in [6.45, 7) is 2.51. The van der Waals surface area contributed by atoms with Gasteiger partial charge < -0.3 is 10.1 Å². The van der Waals surface area contributed by atoms with E-state index >= 15 is 0 Å². The van der Waals surface area contributed by atoms with Crippen LogP contribution < -0.4 is 10.1 Å². The Morgan fingerprint density at radius 2 is 1.91 bits per heavy atom. The number of ketones is 1. The highest BCUT2D eigenvalue weighted by molar-refractivity contribution is 6.42. The molecule has 1 fully saturated rings. The molecule has 0 saturated carbocycles. The molecule has 1 aliphatic heterocycles. The summed E-state index contributed by atoms with van der Waals surface area (Å²) in [7, 11) is 0. The van der Waals surface area contributed by atoms with Crippen LogP contribution in [0.1, 0.15) is 24.5 Å². The Kier molecular flexibility index (Phi) is 9.06. The van der Waals surface area contributed by atoms with Gasteiger partial charge in [0.2, 0.25) is 5.91 Å². The smallest absolute Gasteiger partial charge is 0.406 e. The fourth-order valence-electron chi connectivity index (χ4n) is 3.59. The number of nitrogens with one attached hydrogen (secondary N) is 1. The first-order chi connectivity index (χ1) is 16.5. The highest BCUT2D eigenvalue weighted by atomic mass is 35.5. The Balaban J connectivity index is 1.45. The highest BCUT2D eigenvalue weighted by Crippen LogP contribution is 2.24. The number of rotatable bonds is 7. The second kappa shape index (κ2) is 11.8. The molecule has 0 aliphatic carbocycles. The lowest BCUT2D eigenvalue weighted by atomic mass is 10.0. The maximum atomic E-state index is 12.6. The van der Waals surface area contributed by atoms with Crippen molar-refractivity contribution in [2.24, 2.45) is 5.92 Å². The summed E-state index contributed by atoms with van der Waals surface area (Å²) in [6, 6.07) is 10.5. The van der Waals surface area contributed by atoms with E-state index in [1.165, 1.54) is 24.3 Å². The first-order valence-electron chi connectivity index (χ1n) is 10.8. The molecule has 5 nitrogen and oxygen atoms in total. The predicted molar refractivity (Wildman–Crippen MR) is 127 cm³/mol. The SMILES string of the molecule is CC(CCc1ccc(Cl)c(Cl)c1)NC(=O)C1CN(CC#Cc2ccc(OC(F)(F)F)cc2)CC1=O. The Labute approximate surface area is 211 Å². The monoisotopic (exact) mass is 526 g/mol. The van der Waals surface area contributed by atoms with E-state index in [4.69, 9.17) is 23.2 Å². The van der Waals surface area contributed by atoms with E-state index in [-0.39, 0.29) is 43.1 Å². The van der Waals surface area contributed by atoms with Gasteiger partial charge >= 0.3 is 6.36 Å². The van der Waals surface area contributed by atoms with Gasteiger partial charge in [0, 0.05) is 18.2 Å². The molecule has 10 heteroatoms. The van der Waals surface area contributed by atoms with Crippen molar-refractivity contribution in [1.29, 1.82) is 0 Å². The zero-order valence-corrected chi connectivity index (χ0v) is 20.3. The normalized spacial score (nSPS) is 17.0. The third-order valence-electron chi connectivity index (χ3n) is 5.39. The van der Waals surface area contributed by atoms with Crippen LogP contribution in [-0.4, -0.2) is 48.6 Å². The van der Waals surface area contributed by atoms with E-state index in [2.05, 4.69) is 21.9 Å². The molecule has 186 valence electrons. The predicted octanol–water partition coefficient (Wildman–Crippen LogP) is 4.88. The first-order valence-corrected chi connectivity index (χ1v) is 11.6. The topological polar surface area (TPSA) is 58.6 Å². The minimum Gasteiger partial charge on any atom is -0.406 e. The molecular weight excluding hydrogens is 504 g/mol. The molecule has 2 unspecified atom stereocenters. The average Bonchev–Trinajstić information content (AvgIpc) is 3.15. The first kappa shape index (κ1) is 26.9. The van der Waals surface area contributed by atoms with Crippen LogP contribution in [-0.2, 0) is 16.0 Å². The Bertz CT molecular complexity index is 1130. The van der Waals surface area contributed by atoms with Gasteiger partial charge in [0.1, 0.15) is 11.7 Å². The third-order valence-corrected chi connectivity index (χ3v) is 6.13. The van der Waals surface area contributed by atoms with Gasteiger partial charge in [-0.2, -0.15) is 0 Å². The number of carbonyl (C=O) groups is 2. The van der Waals surface area contributed by atoms with E-state index in [1.54, 1.807) is 17.0 Å². The fraction of sp³-hybridized carbons (Fsp3) is 0.360. The van der Waals surface area contributed by atoms with E-state index in [1.807, 2.05) is 13.0 Å². The number of amides is 1. The number of ether oxygens (including phenoxy) is 1. The number of carbonyl (C=O) groups excluding carboxylic acids is 2. The molecule has 1 aliphatic rings. The summed E-state index contributed by atoms with van der Waals surface area (Å²) < 4.78 is 40.5. The van der Waals surface area contributed by atoms with Crippen molar-refractivity contribution in [3.8, 4) is 17.6 Å². The fourth-order valence-corrected chi connectivity index (χ4v) is 3.91. The van der Waals surface area contributed by atoms with Gasteiger partial charge in [0.05, 0.1) is 23.1 Å². The molecule has 0 spiro atoms. The molecule has 1 heterocycles. The van der Waals surface area contributed by atoms with Crippen molar-refractivity contribution in [3.05, 3.63) is 63.6 Å². The maximum absolute atomic E-state index is 12.6. The van der Waals surface area contributed by atoms with Crippen LogP contribution >= 0.6 is 23.2 Å². The number of aryl methyl sites for hydroxylation is 1. The maximum Gasteiger partial charge on any atom is 0.573 e. The van der Waals surface area contributed by atoms with Crippen molar-refractivity contribution in [2.45, 2.75) is 32.2 Å². The lowest BCUT2D eigenvalue weighted by Gasteiger charge is -2.17. The van der Waals surface area contributed by atoms with Crippen molar-refractivity contribution in [3.63, 3.8) is 0 Å². The van der Waals surface area contributed by atoms with Crippen LogP contribution in [0.2, 0.25) is 10.0 Å². The molecule has 0 aromatic heterocycles. The minimum atomic E-state index is -4.75. The van der Waals surface area contributed by atoms with Crippen LogP contribution in [0.3, 0.4) is 0 Å². The van der Waals surface area contributed by atoms with E-state index in [0.717, 1.165) is 5.56 Å². The molecule has 3 rings (SSSR count). The number of Topliss-reactive ketones (excluding diaryl/α,β-unsaturated/α-hetero) is 1. The summed E-state index contributed by atoms with van der Waals surface area (Å²) in [5, 5.41) is 3.86. The van der Waals surface area contributed by atoms with Crippen molar-refractivity contribution >= 4 is 34.9 Å². The van der Waals surface area contributed by atoms with Gasteiger partial charge in [0.25, 0.3) is 0 Å². The van der Waals surface area contributed by atoms with E-state index in [9.17, 15) is 22.8 Å². The standard InChI is InChI=1S/C25H23Cl2F3N2O3/c1-16(4-5-18-8-11-21(26)22(27)13-18)31-24(34)20-14-32(15-23(20)33)12-2-3-17-6-9-19(10-7-17)35-25(28,29)30/h6-11,13,16,20H,4-5,12,14-15H2,1H3,(H,31,34). The average molecular weight is 527 g/mol. The molecule has 1 saturated heterocycles. The zero-order chi connectivity index (χ0) is 25.6. The van der Waals surface area contributed by atoms with Gasteiger partial charge in [-0.3, -0.25) is 14.5 Å². The molecular formula is C25H23Cl2F3N2O3. The summed E-state index contributed by atoms with van der Waals surface area (Å²) in [6.07, 6.45) is -3.38. The van der Waals surface area contributed by atoms with Crippen LogP contribution in [0, 0.1) is 17.8 Å². The van der Waals surface area contributed by atoms with Gasteiger partial charge in [-0.05, 0) is 61.7 Å². The van der Waals surface area contributed by atoms with Crippen LogP contribution in [0.5, 0.6) is 5.75 Å². The summed E-state index contributed by atoms with van der Waals surface area (Å²) in [5.74, 6) is 4.15. The Morgan fingerprint density at radius 1 is 1.20 bits per heavy atom. The molecule has 2 aromatic carbocycles. The van der Waals surface area contributed by atoms with Crippen LogP contribution in [0.15, 0.2) is 42.5 Å². The van der Waals surface area contributed by atoms with Crippen LogP contribution in [0.4, 0.5) is 13.2 Å². The van der Waals surface area contributed by atoms with E-state index in [0.29, 0.717) is 28.5 Å². The second-order valence-electron chi connectivity index (χ2n) is 8.26. The number of nitrogens with zero attached hydrogens (tertiary/aromatic N) is 1. The number of benzene rings is 2. The zero-order valence-electron chi connectivity index (χ0n) is 18.8. The van der Waals surface area contributed by atoms with Gasteiger partial charge in [-0.25, -0.2) is 0 Å². The van der Waals surface area contributed by atoms with Crippen molar-refractivity contribution in [2.75, 3.05) is 19.6 Å². The number of likely N-dealkylation sites (tertiary alicyclic amines) is 1. The molecule has 1 N–H and O–H groups in total. The Hall–Kier alpha value is -2.73. The summed E-state index contributed by atoms with van der Waals surface area (Å²) in [5.41, 5.74) is 1.51. The quantitative estimate of drug-likeness (QED) is 0.412. The number of hydrogen-bond donors (Lipinski definition) is 1. The van der Waals surface area contributed by atoms with E-state index < -0.39 is 12.3 Å². The summed E-state index contributed by atoms with van der Waals surface area (Å²) >= 11 is 12.0. The number of halogens is 5. The van der Waals surface area contributed by atoms with Gasteiger partial charge in [0.15, 0.2) is 5.78 Å². The Morgan fingerprint density at radius 3 is 2.57 bits per heavy atom. The van der Waals surface area contributed by atoms with Gasteiger partial charge in [-0.15, -0.1) is 13.2 Å². The number of alkyl halides is 3. The lowest BCUT2D eigenvalue weighted by molar-refractivity contribution is -0.274. The third kappa shape index (κ3) is 8.46.